The average Bonchev–Trinajstić information content (AvgIpc) is 3.23. The summed E-state index contributed by atoms with van der Waals surface area (Å²) >= 11 is 1.19. The van der Waals surface area contributed by atoms with Crippen LogP contribution in [0.2, 0.25) is 0 Å². The molecule has 1 unspecified atom stereocenters. The number of carboxylic acids is 1. The van der Waals surface area contributed by atoms with Crippen LogP contribution < -0.4 is 9.61 Å². The highest BCUT2D eigenvalue weighted by molar-refractivity contribution is 7.16. The van der Waals surface area contributed by atoms with E-state index >= 15 is 0 Å². The van der Waals surface area contributed by atoms with Crippen LogP contribution in [0.4, 0.5) is 0 Å². The topological polar surface area (TPSA) is 99.4 Å². The van der Waals surface area contributed by atoms with Crippen LogP contribution in [0.1, 0.15) is 44.4 Å². The lowest BCUT2D eigenvalue weighted by atomic mass is 10.0. The molecule has 40 heavy (non-hydrogen) atoms. The number of oxime groups is 1. The summed E-state index contributed by atoms with van der Waals surface area (Å²) in [5.74, 6) is -0.339. The van der Waals surface area contributed by atoms with Crippen molar-refractivity contribution < 1.29 is 24.2 Å². The minimum atomic E-state index is -0.982. The second kappa shape index (κ2) is 12.9. The molecular formula is C31H34N2O6S. The number of fused-ring (bicyclic) bond motifs is 1. The molecule has 0 aliphatic carbocycles. The smallest absolute Gasteiger partial charge is 0.333 e. The van der Waals surface area contributed by atoms with Gasteiger partial charge in [0.1, 0.15) is 23.7 Å². The number of carboxylic acid groups (broad SMARTS) is 1. The minimum Gasteiger partial charge on any atom is -0.492 e. The van der Waals surface area contributed by atoms with Crippen LogP contribution >= 0.6 is 11.3 Å². The van der Waals surface area contributed by atoms with E-state index in [1.165, 1.54) is 11.3 Å². The SMILES string of the molecule is CCOC(Cc1ccc(OCCn2c(=O)sc3cc(/C(=N/OC(C)(C)C)c4ccccc4)ccc32)cc1)C(=O)O. The van der Waals surface area contributed by atoms with Crippen LogP contribution in [0.15, 0.2) is 82.7 Å². The Labute approximate surface area is 237 Å². The van der Waals surface area contributed by atoms with Crippen molar-refractivity contribution in [2.75, 3.05) is 13.2 Å². The number of nitrogens with zero attached hydrogens (tertiary/aromatic N) is 2. The summed E-state index contributed by atoms with van der Waals surface area (Å²) < 4.78 is 13.7. The summed E-state index contributed by atoms with van der Waals surface area (Å²) in [6.45, 7) is 8.64. The number of rotatable bonds is 12. The first-order chi connectivity index (χ1) is 19.1. The number of thiazole rings is 1. The maximum Gasteiger partial charge on any atom is 0.333 e. The molecule has 0 bridgehead atoms. The van der Waals surface area contributed by atoms with Gasteiger partial charge in [-0.25, -0.2) is 4.79 Å². The maximum atomic E-state index is 12.9. The zero-order valence-corrected chi connectivity index (χ0v) is 23.9. The Morgan fingerprint density at radius 3 is 2.40 bits per heavy atom. The Balaban J connectivity index is 1.47. The predicted octanol–water partition coefficient (Wildman–Crippen LogP) is 5.74. The molecule has 210 valence electrons. The van der Waals surface area contributed by atoms with Gasteiger partial charge in [-0.05, 0) is 57.5 Å². The van der Waals surface area contributed by atoms with E-state index < -0.39 is 17.7 Å². The predicted molar refractivity (Wildman–Crippen MR) is 158 cm³/mol. The number of carbonyl (C=O) groups is 1. The van der Waals surface area contributed by atoms with Crippen molar-refractivity contribution in [3.05, 3.63) is 99.2 Å². The van der Waals surface area contributed by atoms with Crippen molar-refractivity contribution in [2.24, 2.45) is 5.16 Å². The van der Waals surface area contributed by atoms with Crippen LogP contribution in [0.25, 0.3) is 10.2 Å². The number of hydrogen-bond acceptors (Lipinski definition) is 7. The Bertz CT molecular complexity index is 1520. The molecule has 0 saturated carbocycles. The summed E-state index contributed by atoms with van der Waals surface area (Å²) in [5, 5.41) is 13.8. The lowest BCUT2D eigenvalue weighted by Gasteiger charge is -2.17. The summed E-state index contributed by atoms with van der Waals surface area (Å²) in [6, 6.07) is 22.9. The molecule has 1 heterocycles. The third-order valence-electron chi connectivity index (χ3n) is 5.97. The van der Waals surface area contributed by atoms with E-state index in [9.17, 15) is 14.7 Å². The van der Waals surface area contributed by atoms with Crippen molar-refractivity contribution in [2.45, 2.75) is 52.4 Å². The molecule has 0 spiro atoms. The second-order valence-corrected chi connectivity index (χ2v) is 11.2. The van der Waals surface area contributed by atoms with E-state index in [0.29, 0.717) is 31.2 Å². The highest BCUT2D eigenvalue weighted by Gasteiger charge is 2.18. The Hall–Kier alpha value is -3.95. The third kappa shape index (κ3) is 7.58. The molecule has 0 fully saturated rings. The van der Waals surface area contributed by atoms with Crippen LogP contribution in [-0.2, 0) is 27.3 Å². The normalized spacial score (nSPS) is 12.8. The molecule has 1 atom stereocenters. The van der Waals surface area contributed by atoms with Crippen molar-refractivity contribution in [1.82, 2.24) is 4.57 Å². The van der Waals surface area contributed by atoms with Gasteiger partial charge in [-0.3, -0.25) is 9.36 Å². The molecule has 4 rings (SSSR count). The van der Waals surface area contributed by atoms with Gasteiger partial charge < -0.3 is 19.4 Å². The molecule has 3 aromatic carbocycles. The Kier molecular flexibility index (Phi) is 9.39. The van der Waals surface area contributed by atoms with Gasteiger partial charge >= 0.3 is 10.8 Å². The van der Waals surface area contributed by atoms with E-state index in [4.69, 9.17) is 14.3 Å². The number of hydrogen-bond donors (Lipinski definition) is 1. The molecular weight excluding hydrogens is 528 g/mol. The van der Waals surface area contributed by atoms with Crippen LogP contribution in [0, 0.1) is 0 Å². The molecule has 0 aliphatic rings. The van der Waals surface area contributed by atoms with Crippen LogP contribution in [0.5, 0.6) is 5.75 Å². The van der Waals surface area contributed by atoms with E-state index in [-0.39, 0.29) is 11.3 Å². The van der Waals surface area contributed by atoms with Gasteiger partial charge in [0.2, 0.25) is 0 Å². The van der Waals surface area contributed by atoms with E-state index in [1.807, 2.05) is 81.4 Å². The molecule has 0 amide bonds. The fourth-order valence-electron chi connectivity index (χ4n) is 4.09. The highest BCUT2D eigenvalue weighted by atomic mass is 32.1. The van der Waals surface area contributed by atoms with Gasteiger partial charge in [-0.1, -0.05) is 65.0 Å². The lowest BCUT2D eigenvalue weighted by Crippen LogP contribution is -2.26. The van der Waals surface area contributed by atoms with Crippen LogP contribution in [0.3, 0.4) is 0 Å². The molecule has 9 heteroatoms. The van der Waals surface area contributed by atoms with Gasteiger partial charge in [0.25, 0.3) is 0 Å². The van der Waals surface area contributed by atoms with E-state index in [0.717, 1.165) is 26.9 Å². The highest BCUT2D eigenvalue weighted by Crippen LogP contribution is 2.23. The number of ether oxygens (including phenoxy) is 2. The largest absolute Gasteiger partial charge is 0.492 e. The molecule has 8 nitrogen and oxygen atoms in total. The van der Waals surface area contributed by atoms with Gasteiger partial charge in [0, 0.05) is 24.2 Å². The van der Waals surface area contributed by atoms with Crippen LogP contribution in [-0.4, -0.2) is 46.3 Å². The fourth-order valence-corrected chi connectivity index (χ4v) is 5.04. The maximum absolute atomic E-state index is 12.9. The van der Waals surface area contributed by atoms with Crippen molar-refractivity contribution in [3.8, 4) is 5.75 Å². The molecule has 4 aromatic rings. The number of benzene rings is 3. The number of aromatic nitrogens is 1. The second-order valence-electron chi connectivity index (χ2n) is 10.2. The Morgan fingerprint density at radius 2 is 1.75 bits per heavy atom. The first-order valence-electron chi connectivity index (χ1n) is 13.2. The van der Waals surface area contributed by atoms with Gasteiger partial charge in [0.05, 0.1) is 16.8 Å². The molecule has 1 aromatic heterocycles. The summed E-state index contributed by atoms with van der Waals surface area (Å²) in [7, 11) is 0. The van der Waals surface area contributed by atoms with Gasteiger partial charge in [-0.2, -0.15) is 0 Å². The first kappa shape index (κ1) is 29.0. The first-order valence-corrected chi connectivity index (χ1v) is 14.0. The standard InChI is InChI=1S/C31H34N2O6S/c1-5-37-26(29(34)35)19-21-11-14-24(15-12-21)38-18-17-33-25-16-13-23(20-27(25)40-30(33)36)28(32-39-31(2,3)4)22-9-7-6-8-10-22/h6-16,20,26H,5,17-19H2,1-4H3,(H,34,35)/b32-28+. The zero-order valence-electron chi connectivity index (χ0n) is 23.1. The summed E-state index contributed by atoms with van der Waals surface area (Å²) in [6.07, 6.45) is -0.599. The fraction of sp³-hybridized carbons (Fsp3) is 0.323. The van der Waals surface area contributed by atoms with Gasteiger partial charge in [0.15, 0.2) is 6.10 Å². The minimum absolute atomic E-state index is 0.0640. The zero-order chi connectivity index (χ0) is 28.7. The third-order valence-corrected chi connectivity index (χ3v) is 6.91. The average molecular weight is 563 g/mol. The lowest BCUT2D eigenvalue weighted by molar-refractivity contribution is -0.149. The summed E-state index contributed by atoms with van der Waals surface area (Å²) in [4.78, 5) is 29.9. The van der Waals surface area contributed by atoms with Crippen molar-refractivity contribution in [1.29, 1.82) is 0 Å². The molecule has 0 radical (unpaired) electrons. The van der Waals surface area contributed by atoms with E-state index in [1.54, 1.807) is 23.6 Å². The Morgan fingerprint density at radius 1 is 1.02 bits per heavy atom. The number of aliphatic carboxylic acids is 1. The van der Waals surface area contributed by atoms with Crippen molar-refractivity contribution in [3.63, 3.8) is 0 Å². The van der Waals surface area contributed by atoms with Crippen molar-refractivity contribution >= 4 is 33.2 Å². The van der Waals surface area contributed by atoms with Gasteiger partial charge in [-0.15, -0.1) is 0 Å². The molecule has 0 saturated heterocycles. The van der Waals surface area contributed by atoms with E-state index in [2.05, 4.69) is 5.16 Å². The molecule has 0 aliphatic heterocycles. The molecule has 1 N–H and O–H groups in total. The summed E-state index contributed by atoms with van der Waals surface area (Å²) in [5.41, 5.74) is 3.72. The monoisotopic (exact) mass is 562 g/mol. The quantitative estimate of drug-likeness (QED) is 0.175.